The van der Waals surface area contributed by atoms with Gasteiger partial charge in [-0.1, -0.05) is 13.8 Å². The van der Waals surface area contributed by atoms with Crippen molar-refractivity contribution in [2.45, 2.75) is 46.1 Å². The van der Waals surface area contributed by atoms with Crippen LogP contribution in [0.15, 0.2) is 33.6 Å². The van der Waals surface area contributed by atoms with Crippen LogP contribution in [-0.4, -0.2) is 15.0 Å². The number of rotatable bonds is 5. The fourth-order valence-electron chi connectivity index (χ4n) is 4.04. The maximum absolute atomic E-state index is 6.17. The van der Waals surface area contributed by atoms with Crippen LogP contribution in [0.4, 0.5) is 5.82 Å². The number of aromatic nitrogens is 3. The Kier molecular flexibility index (Phi) is 3.85. The number of hydrogen-bond acceptors (Lipinski definition) is 6. The number of fused-ring (bicyclic) bond motifs is 5. The van der Waals surface area contributed by atoms with Gasteiger partial charge in [0.2, 0.25) is 5.71 Å². The first-order chi connectivity index (χ1) is 13.2. The number of aryl methyl sites for hydroxylation is 1. The van der Waals surface area contributed by atoms with Crippen molar-refractivity contribution in [2.75, 3.05) is 5.32 Å². The minimum absolute atomic E-state index is 0.542. The third-order valence-electron chi connectivity index (χ3n) is 5.17. The lowest BCUT2D eigenvalue weighted by Crippen LogP contribution is -2.03. The molecule has 4 aromatic rings. The molecule has 0 saturated heterocycles. The molecule has 0 atom stereocenters. The van der Waals surface area contributed by atoms with Crippen LogP contribution in [-0.2, 0) is 25.8 Å². The first-order valence-electron chi connectivity index (χ1n) is 9.54. The fraction of sp³-hybridized carbons (Fsp3) is 0.381. The molecule has 27 heavy (non-hydrogen) atoms. The van der Waals surface area contributed by atoms with Crippen molar-refractivity contribution in [3.05, 3.63) is 47.3 Å². The summed E-state index contributed by atoms with van der Waals surface area (Å²) < 4.78 is 11.6. The lowest BCUT2D eigenvalue weighted by Gasteiger charge is -2.10. The Hall–Kier alpha value is -2.89. The quantitative estimate of drug-likeness (QED) is 0.556. The Morgan fingerprint density at radius 1 is 1.19 bits per heavy atom. The van der Waals surface area contributed by atoms with Crippen molar-refractivity contribution in [3.8, 4) is 0 Å². The molecule has 4 aromatic heterocycles. The molecule has 0 saturated carbocycles. The molecule has 0 aromatic carbocycles. The van der Waals surface area contributed by atoms with Gasteiger partial charge in [-0.25, -0.2) is 15.0 Å². The normalized spacial score (nSPS) is 13.7. The number of furan rings is 2. The molecular weight excluding hydrogens is 340 g/mol. The van der Waals surface area contributed by atoms with Gasteiger partial charge in [0.15, 0.2) is 11.4 Å². The van der Waals surface area contributed by atoms with Crippen LogP contribution in [0.5, 0.6) is 0 Å². The van der Waals surface area contributed by atoms with Gasteiger partial charge in [0.05, 0.1) is 18.2 Å². The van der Waals surface area contributed by atoms with Gasteiger partial charge >= 0.3 is 0 Å². The highest BCUT2D eigenvalue weighted by Gasteiger charge is 2.25. The van der Waals surface area contributed by atoms with E-state index in [2.05, 4.69) is 29.1 Å². The van der Waals surface area contributed by atoms with E-state index in [-0.39, 0.29) is 0 Å². The predicted octanol–water partition coefficient (Wildman–Crippen LogP) is 4.66. The Morgan fingerprint density at radius 3 is 2.89 bits per heavy atom. The topological polar surface area (TPSA) is 77.0 Å². The second kappa shape index (κ2) is 6.37. The van der Waals surface area contributed by atoms with E-state index in [1.807, 2.05) is 12.1 Å². The Labute approximate surface area is 157 Å². The molecule has 6 nitrogen and oxygen atoms in total. The number of pyridine rings is 1. The smallest absolute Gasteiger partial charge is 0.229 e. The second-order valence-electron chi connectivity index (χ2n) is 7.58. The zero-order chi connectivity index (χ0) is 18.4. The average molecular weight is 362 g/mol. The Balaban J connectivity index is 1.64. The van der Waals surface area contributed by atoms with Gasteiger partial charge in [-0.2, -0.15) is 0 Å². The van der Waals surface area contributed by atoms with E-state index >= 15 is 0 Å². The number of anilines is 1. The number of hydrogen-bond donors (Lipinski definition) is 1. The summed E-state index contributed by atoms with van der Waals surface area (Å²) in [5.74, 6) is 2.08. The summed E-state index contributed by atoms with van der Waals surface area (Å²) in [6.07, 6.45) is 7.56. The van der Waals surface area contributed by atoms with Crippen LogP contribution in [0, 0.1) is 5.92 Å². The van der Waals surface area contributed by atoms with E-state index in [9.17, 15) is 0 Å². The lowest BCUT2D eigenvalue weighted by molar-refractivity contribution is 0.517. The molecule has 0 aliphatic heterocycles. The summed E-state index contributed by atoms with van der Waals surface area (Å²) >= 11 is 0. The van der Waals surface area contributed by atoms with Crippen molar-refractivity contribution < 1.29 is 8.83 Å². The van der Waals surface area contributed by atoms with Crippen molar-refractivity contribution in [2.24, 2.45) is 5.92 Å². The molecule has 0 radical (unpaired) electrons. The molecule has 0 bridgehead atoms. The van der Waals surface area contributed by atoms with Gasteiger partial charge in [-0.05, 0) is 54.9 Å². The Bertz CT molecular complexity index is 1110. The van der Waals surface area contributed by atoms with Crippen LogP contribution in [0.2, 0.25) is 0 Å². The molecule has 1 aliphatic carbocycles. The fourth-order valence-corrected chi connectivity index (χ4v) is 4.04. The minimum Gasteiger partial charge on any atom is -0.467 e. The number of nitrogens with zero attached hydrogens (tertiary/aromatic N) is 3. The third kappa shape index (κ3) is 2.76. The zero-order valence-corrected chi connectivity index (χ0v) is 15.6. The molecule has 5 rings (SSSR count). The third-order valence-corrected chi connectivity index (χ3v) is 5.17. The molecule has 0 unspecified atom stereocenters. The van der Waals surface area contributed by atoms with E-state index < -0.39 is 0 Å². The zero-order valence-electron chi connectivity index (χ0n) is 15.6. The molecule has 0 spiro atoms. The average Bonchev–Trinajstić information content (AvgIpc) is 3.37. The molecule has 0 fully saturated rings. The van der Waals surface area contributed by atoms with Gasteiger partial charge in [0, 0.05) is 5.69 Å². The monoisotopic (exact) mass is 362 g/mol. The highest BCUT2D eigenvalue weighted by molar-refractivity contribution is 6.06. The maximum Gasteiger partial charge on any atom is 0.229 e. The maximum atomic E-state index is 6.17. The molecule has 1 aliphatic rings. The van der Waals surface area contributed by atoms with Crippen molar-refractivity contribution >= 4 is 28.0 Å². The van der Waals surface area contributed by atoms with Crippen LogP contribution in [0.25, 0.3) is 22.2 Å². The SMILES string of the molecule is CC(C)Cc1nc2oc3c(NCc4ccco4)ncnc3c2c2c1CCC2. The van der Waals surface area contributed by atoms with Gasteiger partial charge in [-0.3, -0.25) is 0 Å². The summed E-state index contributed by atoms with van der Waals surface area (Å²) in [4.78, 5) is 13.8. The van der Waals surface area contributed by atoms with Crippen molar-refractivity contribution in [1.82, 2.24) is 15.0 Å². The van der Waals surface area contributed by atoms with E-state index in [0.29, 0.717) is 29.6 Å². The van der Waals surface area contributed by atoms with Gasteiger partial charge < -0.3 is 14.2 Å². The van der Waals surface area contributed by atoms with E-state index in [0.717, 1.165) is 35.9 Å². The molecule has 6 heteroatoms. The van der Waals surface area contributed by atoms with Crippen LogP contribution < -0.4 is 5.32 Å². The van der Waals surface area contributed by atoms with Gasteiger partial charge in [-0.15, -0.1) is 0 Å². The lowest BCUT2D eigenvalue weighted by atomic mass is 9.99. The number of nitrogens with one attached hydrogen (secondary N) is 1. The van der Waals surface area contributed by atoms with Crippen molar-refractivity contribution in [3.63, 3.8) is 0 Å². The summed E-state index contributed by atoms with van der Waals surface area (Å²) in [6.45, 7) is 5.00. The Morgan fingerprint density at radius 2 is 2.07 bits per heavy atom. The summed E-state index contributed by atoms with van der Waals surface area (Å²) in [5.41, 5.74) is 6.16. The second-order valence-corrected chi connectivity index (χ2v) is 7.58. The first-order valence-corrected chi connectivity index (χ1v) is 9.54. The van der Waals surface area contributed by atoms with E-state index in [1.54, 1.807) is 12.6 Å². The van der Waals surface area contributed by atoms with Crippen LogP contribution in [0.1, 0.15) is 42.8 Å². The van der Waals surface area contributed by atoms with Crippen LogP contribution >= 0.6 is 0 Å². The largest absolute Gasteiger partial charge is 0.467 e. The molecular formula is C21H22N4O2. The van der Waals surface area contributed by atoms with Crippen molar-refractivity contribution in [1.29, 1.82) is 0 Å². The van der Waals surface area contributed by atoms with Gasteiger partial charge in [0.1, 0.15) is 17.6 Å². The predicted molar refractivity (Wildman–Crippen MR) is 104 cm³/mol. The highest BCUT2D eigenvalue weighted by Crippen LogP contribution is 2.38. The van der Waals surface area contributed by atoms with E-state index in [1.165, 1.54) is 23.2 Å². The molecule has 1 N–H and O–H groups in total. The van der Waals surface area contributed by atoms with Gasteiger partial charge in [0.25, 0.3) is 0 Å². The highest BCUT2D eigenvalue weighted by atomic mass is 16.3. The molecule has 4 heterocycles. The summed E-state index contributed by atoms with van der Waals surface area (Å²) in [5, 5.41) is 4.36. The molecule has 0 amide bonds. The summed E-state index contributed by atoms with van der Waals surface area (Å²) in [6, 6.07) is 3.80. The van der Waals surface area contributed by atoms with E-state index in [4.69, 9.17) is 13.8 Å². The first kappa shape index (κ1) is 16.3. The standard InChI is InChI=1S/C21H22N4O2/c1-12(2)9-16-14-6-3-7-15(14)17-18-19(27-21(17)25-16)20(24-11-23-18)22-10-13-5-4-8-26-13/h4-5,8,11-12H,3,6-7,9-10H2,1-2H3,(H,22,23,24). The van der Waals surface area contributed by atoms with Crippen LogP contribution in [0.3, 0.4) is 0 Å². The summed E-state index contributed by atoms with van der Waals surface area (Å²) in [7, 11) is 0. The minimum atomic E-state index is 0.542. The molecule has 138 valence electrons.